The summed E-state index contributed by atoms with van der Waals surface area (Å²) in [4.78, 5) is 15.1. The van der Waals surface area contributed by atoms with E-state index in [1.807, 2.05) is 24.4 Å². The fourth-order valence-electron chi connectivity index (χ4n) is 2.68. The Morgan fingerprint density at radius 2 is 1.83 bits per heavy atom. The zero-order valence-corrected chi connectivity index (χ0v) is 13.3. The van der Waals surface area contributed by atoms with Crippen molar-refractivity contribution in [1.82, 2.24) is 10.3 Å². The second kappa shape index (κ2) is 7.64. The molecule has 0 radical (unpaired) electrons. The highest BCUT2D eigenvalue weighted by Gasteiger charge is 2.05. The van der Waals surface area contributed by atoms with E-state index in [0.29, 0.717) is 25.2 Å². The summed E-state index contributed by atoms with van der Waals surface area (Å²) in [5, 5.41) is 7.02. The molecule has 0 atom stereocenters. The number of rotatable bonds is 7. The number of para-hydroxylation sites is 2. The van der Waals surface area contributed by atoms with Crippen LogP contribution in [0.15, 0.2) is 54.7 Å². The van der Waals surface area contributed by atoms with Crippen molar-refractivity contribution in [3.8, 4) is 0 Å². The van der Waals surface area contributed by atoms with Crippen LogP contribution in [0.5, 0.6) is 0 Å². The zero-order valence-electron chi connectivity index (χ0n) is 13.3. The topological polar surface area (TPSA) is 56.9 Å². The highest BCUT2D eigenvalue weighted by Crippen LogP contribution is 2.17. The van der Waals surface area contributed by atoms with Crippen molar-refractivity contribution < 1.29 is 9.18 Å². The van der Waals surface area contributed by atoms with Gasteiger partial charge in [0.25, 0.3) is 0 Å². The highest BCUT2D eigenvalue weighted by molar-refractivity contribution is 5.83. The molecular formula is C19H20FN3O. The van der Waals surface area contributed by atoms with Gasteiger partial charge in [-0.3, -0.25) is 4.79 Å². The molecule has 3 N–H and O–H groups in total. The predicted molar refractivity (Wildman–Crippen MR) is 94.5 cm³/mol. The third-order valence-electron chi connectivity index (χ3n) is 3.93. The largest absolute Gasteiger partial charge is 0.382 e. The molecule has 0 spiro atoms. The molecule has 0 aliphatic rings. The van der Waals surface area contributed by atoms with Crippen LogP contribution in [0.2, 0.25) is 0 Å². The second-order valence-corrected chi connectivity index (χ2v) is 5.62. The van der Waals surface area contributed by atoms with Gasteiger partial charge in [0.2, 0.25) is 5.91 Å². The quantitative estimate of drug-likeness (QED) is 0.623. The minimum absolute atomic E-state index is 0.0429. The van der Waals surface area contributed by atoms with Crippen LogP contribution < -0.4 is 10.6 Å². The van der Waals surface area contributed by atoms with Gasteiger partial charge in [0.05, 0.1) is 5.69 Å². The molecule has 0 saturated heterocycles. The average Bonchev–Trinajstić information content (AvgIpc) is 3.00. The van der Waals surface area contributed by atoms with Gasteiger partial charge in [-0.25, -0.2) is 4.39 Å². The summed E-state index contributed by atoms with van der Waals surface area (Å²) in [6, 6.07) is 14.5. The number of carbonyl (C=O) groups excluding carboxylic acids is 1. The number of H-pyrrole nitrogens is 1. The molecule has 2 aromatic carbocycles. The Bertz CT molecular complexity index is 828. The van der Waals surface area contributed by atoms with Gasteiger partial charge in [-0.2, -0.15) is 0 Å². The van der Waals surface area contributed by atoms with Crippen LogP contribution in [-0.4, -0.2) is 24.0 Å². The molecule has 0 fully saturated rings. The van der Waals surface area contributed by atoms with Gasteiger partial charge in [0.1, 0.15) is 5.82 Å². The number of fused-ring (bicyclic) bond motifs is 1. The number of anilines is 1. The van der Waals surface area contributed by atoms with Crippen molar-refractivity contribution in [2.45, 2.75) is 12.8 Å². The van der Waals surface area contributed by atoms with E-state index in [9.17, 15) is 9.18 Å². The van der Waals surface area contributed by atoms with Crippen LogP contribution in [0.1, 0.15) is 12.0 Å². The van der Waals surface area contributed by atoms with Crippen LogP contribution in [0.25, 0.3) is 10.9 Å². The van der Waals surface area contributed by atoms with Crippen molar-refractivity contribution >= 4 is 22.5 Å². The van der Waals surface area contributed by atoms with Crippen LogP contribution in [-0.2, 0) is 11.2 Å². The number of benzene rings is 2. The Hall–Kier alpha value is -2.82. The van der Waals surface area contributed by atoms with E-state index in [1.165, 1.54) is 17.0 Å². The Kier molecular flexibility index (Phi) is 5.11. The van der Waals surface area contributed by atoms with Gasteiger partial charge in [-0.1, -0.05) is 30.3 Å². The molecule has 3 aromatic rings. The van der Waals surface area contributed by atoms with Gasteiger partial charge in [0.15, 0.2) is 0 Å². The molecule has 0 unspecified atom stereocenters. The molecule has 1 heterocycles. The lowest BCUT2D eigenvalue weighted by Crippen LogP contribution is -2.27. The summed E-state index contributed by atoms with van der Waals surface area (Å²) >= 11 is 0. The minimum Gasteiger partial charge on any atom is -0.382 e. The van der Waals surface area contributed by atoms with Crippen molar-refractivity contribution in [2.75, 3.05) is 18.4 Å². The molecule has 5 heteroatoms. The first-order valence-corrected chi connectivity index (χ1v) is 8.04. The van der Waals surface area contributed by atoms with Gasteiger partial charge >= 0.3 is 0 Å². The van der Waals surface area contributed by atoms with Crippen LogP contribution in [0.4, 0.5) is 10.1 Å². The molecule has 3 rings (SSSR count). The average molecular weight is 325 g/mol. The molecular weight excluding hydrogens is 305 g/mol. The number of aromatic amines is 1. The van der Waals surface area contributed by atoms with E-state index >= 15 is 0 Å². The third-order valence-corrected chi connectivity index (χ3v) is 3.93. The number of amides is 1. The standard InChI is InChI=1S/C19H20FN3O/c20-16-6-2-4-8-18(16)21-12-10-19(24)22-11-9-14-13-23-17-7-3-1-5-15(14)17/h1-8,13,21,23H,9-12H2,(H,22,24). The fraction of sp³-hybridized carbons (Fsp3) is 0.211. The smallest absolute Gasteiger partial charge is 0.221 e. The summed E-state index contributed by atoms with van der Waals surface area (Å²) in [6.07, 6.45) is 3.06. The third kappa shape index (κ3) is 3.93. The highest BCUT2D eigenvalue weighted by atomic mass is 19.1. The Balaban J connectivity index is 1.41. The number of hydrogen-bond donors (Lipinski definition) is 3. The number of carbonyl (C=O) groups is 1. The molecule has 124 valence electrons. The van der Waals surface area contributed by atoms with E-state index in [2.05, 4.69) is 21.7 Å². The maximum absolute atomic E-state index is 13.4. The number of nitrogens with one attached hydrogen (secondary N) is 3. The lowest BCUT2D eigenvalue weighted by atomic mass is 10.1. The van der Waals surface area contributed by atoms with Crippen LogP contribution in [0.3, 0.4) is 0 Å². The zero-order chi connectivity index (χ0) is 16.8. The molecule has 0 saturated carbocycles. The molecule has 4 nitrogen and oxygen atoms in total. The summed E-state index contributed by atoms with van der Waals surface area (Å²) in [7, 11) is 0. The summed E-state index contributed by atoms with van der Waals surface area (Å²) < 4.78 is 13.4. The van der Waals surface area contributed by atoms with Crippen molar-refractivity contribution in [3.05, 3.63) is 66.1 Å². The number of aromatic nitrogens is 1. The second-order valence-electron chi connectivity index (χ2n) is 5.62. The van der Waals surface area contributed by atoms with Gasteiger partial charge in [-0.05, 0) is 30.2 Å². The van der Waals surface area contributed by atoms with Gasteiger partial charge in [0, 0.05) is 36.6 Å². The summed E-state index contributed by atoms with van der Waals surface area (Å²) in [5.41, 5.74) is 2.72. The maximum atomic E-state index is 13.4. The van der Waals surface area contributed by atoms with Crippen molar-refractivity contribution in [3.63, 3.8) is 0 Å². The lowest BCUT2D eigenvalue weighted by molar-refractivity contribution is -0.120. The monoisotopic (exact) mass is 325 g/mol. The molecule has 0 bridgehead atoms. The number of halogens is 1. The first-order valence-electron chi connectivity index (χ1n) is 8.04. The summed E-state index contributed by atoms with van der Waals surface area (Å²) in [6.45, 7) is 0.986. The van der Waals surface area contributed by atoms with Gasteiger partial charge < -0.3 is 15.6 Å². The molecule has 1 amide bonds. The van der Waals surface area contributed by atoms with E-state index in [-0.39, 0.29) is 11.7 Å². The van der Waals surface area contributed by atoms with Crippen LogP contribution >= 0.6 is 0 Å². The molecule has 1 aromatic heterocycles. The van der Waals surface area contributed by atoms with Crippen molar-refractivity contribution in [1.29, 1.82) is 0 Å². The predicted octanol–water partition coefficient (Wildman–Crippen LogP) is 3.47. The molecule has 0 aliphatic carbocycles. The normalized spacial score (nSPS) is 10.7. The fourth-order valence-corrected chi connectivity index (χ4v) is 2.68. The van der Waals surface area contributed by atoms with E-state index in [0.717, 1.165) is 11.9 Å². The first-order chi connectivity index (χ1) is 11.7. The first kappa shape index (κ1) is 16.1. The Morgan fingerprint density at radius 1 is 1.04 bits per heavy atom. The van der Waals surface area contributed by atoms with Crippen molar-refractivity contribution in [2.24, 2.45) is 0 Å². The minimum atomic E-state index is -0.308. The molecule has 24 heavy (non-hydrogen) atoms. The number of hydrogen-bond acceptors (Lipinski definition) is 2. The SMILES string of the molecule is O=C(CCNc1ccccc1F)NCCc1c[nH]c2ccccc12. The maximum Gasteiger partial charge on any atom is 0.221 e. The van der Waals surface area contributed by atoms with E-state index < -0.39 is 0 Å². The van der Waals surface area contributed by atoms with Crippen LogP contribution in [0, 0.1) is 5.82 Å². The summed E-state index contributed by atoms with van der Waals surface area (Å²) in [5.74, 6) is -0.351. The van der Waals surface area contributed by atoms with Gasteiger partial charge in [-0.15, -0.1) is 0 Å². The Labute approximate surface area is 140 Å². The Morgan fingerprint density at radius 3 is 2.71 bits per heavy atom. The van der Waals surface area contributed by atoms with E-state index in [4.69, 9.17) is 0 Å². The van der Waals surface area contributed by atoms with E-state index in [1.54, 1.807) is 18.2 Å². The lowest BCUT2D eigenvalue weighted by Gasteiger charge is -2.08. The molecule has 0 aliphatic heterocycles.